The molecular weight excluding hydrogens is 244 g/mol. The van der Waals surface area contributed by atoms with E-state index in [9.17, 15) is 4.79 Å². The van der Waals surface area contributed by atoms with Crippen molar-refractivity contribution < 1.29 is 4.79 Å². The van der Waals surface area contributed by atoms with E-state index in [1.54, 1.807) is 11.8 Å². The van der Waals surface area contributed by atoms with E-state index in [1.807, 2.05) is 7.05 Å². The van der Waals surface area contributed by atoms with Crippen molar-refractivity contribution in [1.82, 2.24) is 5.32 Å². The van der Waals surface area contributed by atoms with Crippen LogP contribution in [-0.2, 0) is 11.2 Å². The first-order chi connectivity index (χ1) is 8.58. The first kappa shape index (κ1) is 15.1. The lowest BCUT2D eigenvalue weighted by atomic mass is 10.0. The molecule has 0 aliphatic heterocycles. The Morgan fingerprint density at radius 3 is 2.44 bits per heavy atom. The quantitative estimate of drug-likeness (QED) is 0.795. The van der Waals surface area contributed by atoms with Crippen molar-refractivity contribution in [1.29, 1.82) is 0 Å². The number of aryl methyl sites for hydroxylation is 1. The lowest BCUT2D eigenvalue weighted by Crippen LogP contribution is -2.27. The molecule has 0 spiro atoms. The van der Waals surface area contributed by atoms with Gasteiger partial charge in [0.2, 0.25) is 5.91 Å². The van der Waals surface area contributed by atoms with Crippen molar-refractivity contribution in [2.45, 2.75) is 31.6 Å². The molecule has 1 aromatic carbocycles. The van der Waals surface area contributed by atoms with Gasteiger partial charge in [0.15, 0.2) is 0 Å². The molecule has 100 valence electrons. The summed E-state index contributed by atoms with van der Waals surface area (Å²) >= 11 is 1.58. The van der Waals surface area contributed by atoms with Gasteiger partial charge >= 0.3 is 0 Å². The first-order valence-corrected chi connectivity index (χ1v) is 7.29. The van der Waals surface area contributed by atoms with Gasteiger partial charge in [0.25, 0.3) is 0 Å². The van der Waals surface area contributed by atoms with Gasteiger partial charge in [0.05, 0.1) is 5.75 Å². The Morgan fingerprint density at radius 2 is 2.00 bits per heavy atom. The molecule has 2 atom stereocenters. The molecule has 0 radical (unpaired) electrons. The van der Waals surface area contributed by atoms with Crippen LogP contribution in [0.2, 0.25) is 0 Å². The number of primary amides is 1. The lowest BCUT2D eigenvalue weighted by Gasteiger charge is -2.23. The van der Waals surface area contributed by atoms with E-state index in [0.29, 0.717) is 11.0 Å². The van der Waals surface area contributed by atoms with Gasteiger partial charge < -0.3 is 11.1 Å². The number of hydrogen-bond donors (Lipinski definition) is 2. The lowest BCUT2D eigenvalue weighted by molar-refractivity contribution is -0.115. The maximum atomic E-state index is 10.8. The van der Waals surface area contributed by atoms with Gasteiger partial charge in [0.1, 0.15) is 0 Å². The maximum absolute atomic E-state index is 10.8. The third-order valence-corrected chi connectivity index (χ3v) is 4.27. The molecule has 1 aromatic rings. The normalized spacial score (nSPS) is 14.2. The van der Waals surface area contributed by atoms with Crippen LogP contribution < -0.4 is 11.1 Å². The van der Waals surface area contributed by atoms with Crippen LogP contribution in [-0.4, -0.2) is 24.0 Å². The fraction of sp³-hybridized carbons (Fsp3) is 0.500. The van der Waals surface area contributed by atoms with Gasteiger partial charge in [-0.1, -0.05) is 38.1 Å². The number of carbonyl (C=O) groups is 1. The summed E-state index contributed by atoms with van der Waals surface area (Å²) in [7, 11) is 1.94. The van der Waals surface area contributed by atoms with Gasteiger partial charge in [-0.25, -0.2) is 0 Å². The van der Waals surface area contributed by atoms with Gasteiger partial charge in [-0.3, -0.25) is 4.79 Å². The largest absolute Gasteiger partial charge is 0.369 e. The molecule has 0 heterocycles. The number of hydrogen-bond acceptors (Lipinski definition) is 3. The molecule has 4 heteroatoms. The smallest absolute Gasteiger partial charge is 0.227 e. The van der Waals surface area contributed by atoms with Crippen LogP contribution in [0.3, 0.4) is 0 Å². The molecule has 1 amide bonds. The van der Waals surface area contributed by atoms with Crippen LogP contribution in [0.1, 0.15) is 31.0 Å². The molecule has 0 bridgehead atoms. The number of carbonyl (C=O) groups excluding carboxylic acids is 1. The minimum Gasteiger partial charge on any atom is -0.369 e. The number of nitrogens with one attached hydrogen (secondary N) is 1. The van der Waals surface area contributed by atoms with Crippen molar-refractivity contribution in [3.63, 3.8) is 0 Å². The zero-order valence-electron chi connectivity index (χ0n) is 11.3. The summed E-state index contributed by atoms with van der Waals surface area (Å²) in [5.41, 5.74) is 7.77. The molecule has 3 nitrogen and oxygen atoms in total. The van der Waals surface area contributed by atoms with Crippen molar-refractivity contribution in [3.05, 3.63) is 35.4 Å². The second-order valence-electron chi connectivity index (χ2n) is 4.34. The predicted molar refractivity (Wildman–Crippen MR) is 78.7 cm³/mol. The molecule has 0 saturated heterocycles. The highest BCUT2D eigenvalue weighted by atomic mass is 32.2. The summed E-state index contributed by atoms with van der Waals surface area (Å²) < 4.78 is 0. The Labute approximate surface area is 114 Å². The average Bonchev–Trinajstić information content (AvgIpc) is 2.38. The molecule has 0 aliphatic rings. The maximum Gasteiger partial charge on any atom is 0.227 e. The highest BCUT2D eigenvalue weighted by Crippen LogP contribution is 2.26. The monoisotopic (exact) mass is 266 g/mol. The van der Waals surface area contributed by atoms with Crippen molar-refractivity contribution >= 4 is 17.7 Å². The third-order valence-electron chi connectivity index (χ3n) is 3.02. The van der Waals surface area contributed by atoms with Crippen LogP contribution >= 0.6 is 11.8 Å². The van der Waals surface area contributed by atoms with E-state index in [1.165, 1.54) is 11.1 Å². The van der Waals surface area contributed by atoms with E-state index >= 15 is 0 Å². The first-order valence-electron chi connectivity index (χ1n) is 6.24. The summed E-state index contributed by atoms with van der Waals surface area (Å²) in [6.45, 7) is 4.26. The molecule has 1 rings (SSSR count). The summed E-state index contributed by atoms with van der Waals surface area (Å²) in [5, 5.41) is 3.61. The summed E-state index contributed by atoms with van der Waals surface area (Å²) in [6.07, 6.45) is 1.05. The number of thioether (sulfide) groups is 1. The van der Waals surface area contributed by atoms with Crippen LogP contribution in [0.4, 0.5) is 0 Å². The molecule has 2 unspecified atom stereocenters. The fourth-order valence-electron chi connectivity index (χ4n) is 1.94. The zero-order chi connectivity index (χ0) is 13.5. The average molecular weight is 266 g/mol. The van der Waals surface area contributed by atoms with Crippen molar-refractivity contribution in [3.8, 4) is 0 Å². The molecule has 0 aliphatic carbocycles. The minimum absolute atomic E-state index is 0.236. The molecular formula is C14H22N2OS. The van der Waals surface area contributed by atoms with E-state index in [2.05, 4.69) is 43.4 Å². The topological polar surface area (TPSA) is 55.1 Å². The van der Waals surface area contributed by atoms with Gasteiger partial charge in [-0.2, -0.15) is 0 Å². The molecule has 18 heavy (non-hydrogen) atoms. The summed E-state index contributed by atoms with van der Waals surface area (Å²) in [4.78, 5) is 10.8. The number of amides is 1. The van der Waals surface area contributed by atoms with Crippen molar-refractivity contribution in [2.75, 3.05) is 12.8 Å². The Morgan fingerprint density at radius 1 is 1.39 bits per heavy atom. The molecule has 0 aromatic heterocycles. The molecule has 3 N–H and O–H groups in total. The SMILES string of the molecule is CCc1ccc(C(NC)C(C)SCC(N)=O)cc1. The van der Waals surface area contributed by atoms with Crippen molar-refractivity contribution in [2.24, 2.45) is 5.73 Å². The van der Waals surface area contributed by atoms with Gasteiger partial charge in [-0.15, -0.1) is 11.8 Å². The van der Waals surface area contributed by atoms with E-state index in [4.69, 9.17) is 5.73 Å². The summed E-state index contributed by atoms with van der Waals surface area (Å²) in [6, 6.07) is 8.86. The van der Waals surface area contributed by atoms with E-state index in [0.717, 1.165) is 6.42 Å². The molecule has 0 fully saturated rings. The second kappa shape index (κ2) is 7.44. The minimum atomic E-state index is -0.261. The van der Waals surface area contributed by atoms with E-state index in [-0.39, 0.29) is 11.9 Å². The van der Waals surface area contributed by atoms with Crippen LogP contribution in [0.25, 0.3) is 0 Å². The highest BCUT2D eigenvalue weighted by Gasteiger charge is 2.18. The molecule has 0 saturated carbocycles. The van der Waals surface area contributed by atoms with Crippen LogP contribution in [0.5, 0.6) is 0 Å². The highest BCUT2D eigenvalue weighted by molar-refractivity contribution is 8.00. The Kier molecular flexibility index (Phi) is 6.22. The van der Waals surface area contributed by atoms with Crippen LogP contribution in [0.15, 0.2) is 24.3 Å². The Bertz CT molecular complexity index is 378. The fourth-order valence-corrected chi connectivity index (χ4v) is 2.86. The predicted octanol–water partition coefficient (Wildman–Crippen LogP) is 2.12. The number of rotatable bonds is 7. The third kappa shape index (κ3) is 4.35. The van der Waals surface area contributed by atoms with Gasteiger partial charge in [-0.05, 0) is 24.6 Å². The van der Waals surface area contributed by atoms with E-state index < -0.39 is 0 Å². The Hall–Kier alpha value is -1.00. The Balaban J connectivity index is 2.71. The van der Waals surface area contributed by atoms with Gasteiger partial charge in [0, 0.05) is 11.3 Å². The number of benzene rings is 1. The van der Waals surface area contributed by atoms with Crippen LogP contribution in [0, 0.1) is 0 Å². The summed E-state index contributed by atoms with van der Waals surface area (Å²) in [5.74, 6) is 0.106. The second-order valence-corrected chi connectivity index (χ2v) is 5.71. The standard InChI is InChI=1S/C14H22N2OS/c1-4-11-5-7-12(8-6-11)14(16-3)10(2)18-9-13(15)17/h5-8,10,14,16H,4,9H2,1-3H3,(H2,15,17). The zero-order valence-corrected chi connectivity index (χ0v) is 12.1. The number of nitrogens with two attached hydrogens (primary N) is 1.